The van der Waals surface area contributed by atoms with Crippen molar-refractivity contribution in [2.45, 2.75) is 39.2 Å². The number of hydrogen-bond acceptors (Lipinski definition) is 2. The summed E-state index contributed by atoms with van der Waals surface area (Å²) in [6, 6.07) is 16.5. The molecule has 1 amide bonds. The van der Waals surface area contributed by atoms with Crippen LogP contribution in [0.15, 0.2) is 54.6 Å². The fourth-order valence-corrected chi connectivity index (χ4v) is 3.02. The zero-order chi connectivity index (χ0) is 18.4. The molecule has 0 aliphatic rings. The molecule has 2 rings (SSSR count). The number of amides is 1. The van der Waals surface area contributed by atoms with E-state index in [0.717, 1.165) is 11.1 Å². The van der Waals surface area contributed by atoms with Crippen molar-refractivity contribution in [3.8, 4) is 0 Å². The summed E-state index contributed by atoms with van der Waals surface area (Å²) in [6.07, 6.45) is 0.605. The van der Waals surface area contributed by atoms with Crippen LogP contribution in [0, 0.1) is 12.8 Å². The van der Waals surface area contributed by atoms with Crippen molar-refractivity contribution in [1.82, 2.24) is 5.32 Å². The predicted octanol–water partition coefficient (Wildman–Crippen LogP) is 3.84. The van der Waals surface area contributed by atoms with Crippen LogP contribution in [0.3, 0.4) is 0 Å². The molecular weight excluding hydrogens is 314 g/mol. The smallest absolute Gasteiger partial charge is 0.329 e. The van der Waals surface area contributed by atoms with Gasteiger partial charge in [0.05, 0.1) is 0 Å². The van der Waals surface area contributed by atoms with Crippen LogP contribution >= 0.6 is 0 Å². The molecule has 4 nitrogen and oxygen atoms in total. The van der Waals surface area contributed by atoms with Gasteiger partial charge in [0.2, 0.25) is 0 Å². The van der Waals surface area contributed by atoms with Crippen LogP contribution in [0.2, 0.25) is 0 Å². The van der Waals surface area contributed by atoms with Gasteiger partial charge in [-0.15, -0.1) is 0 Å². The molecule has 2 aromatic carbocycles. The third kappa shape index (κ3) is 4.92. The molecule has 1 atom stereocenters. The fourth-order valence-electron chi connectivity index (χ4n) is 3.02. The maximum Gasteiger partial charge on any atom is 0.329 e. The molecule has 0 aromatic heterocycles. The van der Waals surface area contributed by atoms with Gasteiger partial charge >= 0.3 is 5.97 Å². The molecule has 0 aliphatic heterocycles. The summed E-state index contributed by atoms with van der Waals surface area (Å²) < 4.78 is 0. The first-order chi connectivity index (χ1) is 11.8. The van der Waals surface area contributed by atoms with E-state index in [0.29, 0.717) is 12.0 Å². The number of carboxylic acids is 1. The zero-order valence-electron chi connectivity index (χ0n) is 15.0. The number of carboxylic acid groups (broad SMARTS) is 1. The molecule has 0 saturated carbocycles. The molecule has 0 unspecified atom stereocenters. The van der Waals surface area contributed by atoms with Crippen molar-refractivity contribution < 1.29 is 14.7 Å². The van der Waals surface area contributed by atoms with Crippen molar-refractivity contribution in [3.05, 3.63) is 71.3 Å². The lowest BCUT2D eigenvalue weighted by Gasteiger charge is -2.32. The SMILES string of the molecule is Cc1ccc(C(=O)N[C@](Cc2ccccc2)(CC(C)C)C(=O)O)cc1. The summed E-state index contributed by atoms with van der Waals surface area (Å²) in [4.78, 5) is 24.8. The highest BCUT2D eigenvalue weighted by Crippen LogP contribution is 2.24. The van der Waals surface area contributed by atoms with E-state index in [4.69, 9.17) is 0 Å². The summed E-state index contributed by atoms with van der Waals surface area (Å²) >= 11 is 0. The van der Waals surface area contributed by atoms with Gasteiger partial charge in [0.1, 0.15) is 5.54 Å². The summed E-state index contributed by atoms with van der Waals surface area (Å²) in [7, 11) is 0. The molecule has 0 saturated heterocycles. The minimum absolute atomic E-state index is 0.123. The number of hydrogen-bond donors (Lipinski definition) is 2. The lowest BCUT2D eigenvalue weighted by Crippen LogP contribution is -2.57. The van der Waals surface area contributed by atoms with Gasteiger partial charge in [0.25, 0.3) is 5.91 Å². The molecular formula is C21H25NO3. The van der Waals surface area contributed by atoms with Crippen LogP contribution in [0.25, 0.3) is 0 Å². The lowest BCUT2D eigenvalue weighted by molar-refractivity contribution is -0.145. The first-order valence-corrected chi connectivity index (χ1v) is 8.49. The first kappa shape index (κ1) is 18.7. The van der Waals surface area contributed by atoms with E-state index in [9.17, 15) is 14.7 Å². The third-order valence-corrected chi connectivity index (χ3v) is 4.18. The van der Waals surface area contributed by atoms with Crippen LogP contribution in [0.5, 0.6) is 0 Å². The molecule has 0 radical (unpaired) electrons. The molecule has 0 spiro atoms. The summed E-state index contributed by atoms with van der Waals surface area (Å²) in [6.45, 7) is 5.86. The Morgan fingerprint density at radius 1 is 1.04 bits per heavy atom. The molecule has 132 valence electrons. The number of rotatable bonds is 7. The van der Waals surface area contributed by atoms with Crippen LogP contribution < -0.4 is 5.32 Å². The molecule has 0 aliphatic carbocycles. The highest BCUT2D eigenvalue weighted by atomic mass is 16.4. The number of carbonyl (C=O) groups excluding carboxylic acids is 1. The van der Waals surface area contributed by atoms with E-state index in [1.807, 2.05) is 63.2 Å². The standard InChI is InChI=1S/C21H25NO3/c1-15(2)13-21(20(24)25,14-17-7-5-4-6-8-17)22-19(23)18-11-9-16(3)10-12-18/h4-12,15H,13-14H2,1-3H3,(H,22,23)(H,24,25)/t21-/m0/s1. The molecule has 0 fully saturated rings. The minimum atomic E-state index is -1.34. The first-order valence-electron chi connectivity index (χ1n) is 8.49. The Balaban J connectivity index is 2.33. The largest absolute Gasteiger partial charge is 0.479 e. The van der Waals surface area contributed by atoms with Crippen molar-refractivity contribution in [3.63, 3.8) is 0 Å². The van der Waals surface area contributed by atoms with Crippen LogP contribution in [-0.2, 0) is 11.2 Å². The van der Waals surface area contributed by atoms with E-state index in [1.165, 1.54) is 0 Å². The Kier molecular flexibility index (Phi) is 5.97. The Morgan fingerprint density at radius 3 is 2.16 bits per heavy atom. The maximum absolute atomic E-state index is 12.7. The van der Waals surface area contributed by atoms with E-state index in [2.05, 4.69) is 5.32 Å². The summed E-state index contributed by atoms with van der Waals surface area (Å²) in [5.74, 6) is -1.25. The topological polar surface area (TPSA) is 66.4 Å². The number of aliphatic carboxylic acids is 1. The van der Waals surface area contributed by atoms with Gasteiger partial charge in [-0.05, 0) is 37.0 Å². The second kappa shape index (κ2) is 7.97. The third-order valence-electron chi connectivity index (χ3n) is 4.18. The minimum Gasteiger partial charge on any atom is -0.479 e. The van der Waals surface area contributed by atoms with Crippen molar-refractivity contribution in [2.24, 2.45) is 5.92 Å². The van der Waals surface area contributed by atoms with Crippen LogP contribution in [0.1, 0.15) is 41.8 Å². The van der Waals surface area contributed by atoms with Gasteiger partial charge in [-0.3, -0.25) is 4.79 Å². The van der Waals surface area contributed by atoms with Gasteiger partial charge in [-0.1, -0.05) is 61.9 Å². The highest BCUT2D eigenvalue weighted by Gasteiger charge is 2.40. The number of benzene rings is 2. The monoisotopic (exact) mass is 339 g/mol. The van der Waals surface area contributed by atoms with E-state index >= 15 is 0 Å². The van der Waals surface area contributed by atoms with Gasteiger partial charge in [0, 0.05) is 12.0 Å². The van der Waals surface area contributed by atoms with Crippen molar-refractivity contribution in [2.75, 3.05) is 0 Å². The number of carbonyl (C=O) groups is 2. The average Bonchev–Trinajstić information content (AvgIpc) is 2.55. The molecule has 2 N–H and O–H groups in total. The van der Waals surface area contributed by atoms with Gasteiger partial charge in [0.15, 0.2) is 0 Å². The van der Waals surface area contributed by atoms with E-state index < -0.39 is 11.5 Å². The fraction of sp³-hybridized carbons (Fsp3) is 0.333. The highest BCUT2D eigenvalue weighted by molar-refractivity contribution is 5.98. The second-order valence-corrected chi connectivity index (χ2v) is 6.97. The molecule has 4 heteroatoms. The van der Waals surface area contributed by atoms with E-state index in [-0.39, 0.29) is 18.2 Å². The Hall–Kier alpha value is -2.62. The van der Waals surface area contributed by atoms with Gasteiger partial charge < -0.3 is 10.4 Å². The summed E-state index contributed by atoms with van der Waals surface area (Å²) in [5, 5.41) is 12.8. The Bertz CT molecular complexity index is 723. The van der Waals surface area contributed by atoms with Crippen molar-refractivity contribution >= 4 is 11.9 Å². The predicted molar refractivity (Wildman–Crippen MR) is 98.6 cm³/mol. The molecule has 25 heavy (non-hydrogen) atoms. The Labute approximate surface area is 148 Å². The van der Waals surface area contributed by atoms with Crippen LogP contribution in [0.4, 0.5) is 0 Å². The molecule has 0 bridgehead atoms. The van der Waals surface area contributed by atoms with Gasteiger partial charge in [-0.2, -0.15) is 0 Å². The molecule has 2 aromatic rings. The maximum atomic E-state index is 12.7. The average molecular weight is 339 g/mol. The molecule has 0 heterocycles. The zero-order valence-corrected chi connectivity index (χ0v) is 15.0. The summed E-state index contributed by atoms with van der Waals surface area (Å²) in [5.41, 5.74) is 1.06. The quantitative estimate of drug-likeness (QED) is 0.805. The second-order valence-electron chi connectivity index (χ2n) is 6.97. The normalized spacial score (nSPS) is 13.3. The Morgan fingerprint density at radius 2 is 1.64 bits per heavy atom. The van der Waals surface area contributed by atoms with Gasteiger partial charge in [-0.25, -0.2) is 4.79 Å². The van der Waals surface area contributed by atoms with Crippen molar-refractivity contribution in [1.29, 1.82) is 0 Å². The van der Waals surface area contributed by atoms with E-state index in [1.54, 1.807) is 12.1 Å². The lowest BCUT2D eigenvalue weighted by atomic mass is 9.83. The number of aryl methyl sites for hydroxylation is 1. The number of nitrogens with one attached hydrogen (secondary N) is 1. The van der Waals surface area contributed by atoms with Crippen LogP contribution in [-0.4, -0.2) is 22.5 Å².